The van der Waals surface area contributed by atoms with Crippen LogP contribution in [0.15, 0.2) is 12.7 Å². The first-order valence-corrected chi connectivity index (χ1v) is 7.90. The molecule has 5 heteroatoms. The molecule has 0 radical (unpaired) electrons. The van der Waals surface area contributed by atoms with E-state index in [-0.39, 0.29) is 11.8 Å². The number of ketones is 1. The highest BCUT2D eigenvalue weighted by Gasteiger charge is 2.38. The van der Waals surface area contributed by atoms with Crippen molar-refractivity contribution in [3.05, 3.63) is 12.7 Å². The van der Waals surface area contributed by atoms with Gasteiger partial charge in [-0.3, -0.25) is 4.79 Å². The number of carbonyl (C=O) groups is 1. The van der Waals surface area contributed by atoms with Gasteiger partial charge in [0.15, 0.2) is 5.78 Å². The maximum Gasteiger partial charge on any atom is 0.340 e. The van der Waals surface area contributed by atoms with E-state index < -0.39 is 14.7 Å². The van der Waals surface area contributed by atoms with E-state index in [4.69, 9.17) is 8.85 Å². The summed E-state index contributed by atoms with van der Waals surface area (Å²) in [6, 6.07) is 0.992. The lowest BCUT2D eigenvalue weighted by Gasteiger charge is -2.30. The number of carbonyl (C=O) groups excluding carboxylic acids is 1. The molecule has 94 valence electrons. The van der Waals surface area contributed by atoms with E-state index in [0.29, 0.717) is 13.2 Å². The zero-order valence-corrected chi connectivity index (χ0v) is 11.4. The van der Waals surface area contributed by atoms with Crippen LogP contribution in [0.25, 0.3) is 0 Å². The first-order chi connectivity index (χ1) is 7.55. The van der Waals surface area contributed by atoms with Crippen molar-refractivity contribution in [2.75, 3.05) is 13.2 Å². The van der Waals surface area contributed by atoms with E-state index in [9.17, 15) is 9.90 Å². The standard InChI is InChI=1S/C11H22O4Si/c1-5-10(12)11(13)9-16(8-4,14-6-2)15-7-3/h5,11,13H,1,6-9H2,2-4H3. The minimum absolute atomic E-state index is 0.274. The second kappa shape index (κ2) is 7.73. The molecule has 0 amide bonds. The molecule has 4 nitrogen and oxygen atoms in total. The Kier molecular flexibility index (Phi) is 7.49. The predicted molar refractivity (Wildman–Crippen MR) is 65.5 cm³/mol. The Hall–Kier alpha value is -0.493. The number of hydrogen-bond donors (Lipinski definition) is 1. The van der Waals surface area contributed by atoms with Crippen molar-refractivity contribution >= 4 is 14.3 Å². The van der Waals surface area contributed by atoms with Gasteiger partial charge in [0.05, 0.1) is 0 Å². The summed E-state index contributed by atoms with van der Waals surface area (Å²) in [6.07, 6.45) is 0.0828. The van der Waals surface area contributed by atoms with Crippen LogP contribution in [0.3, 0.4) is 0 Å². The summed E-state index contributed by atoms with van der Waals surface area (Å²) in [4.78, 5) is 11.3. The molecular weight excluding hydrogens is 224 g/mol. The second-order valence-electron chi connectivity index (χ2n) is 3.46. The number of hydrogen-bond acceptors (Lipinski definition) is 4. The minimum Gasteiger partial charge on any atom is -0.394 e. The van der Waals surface area contributed by atoms with Crippen LogP contribution in [0.1, 0.15) is 20.8 Å². The molecule has 0 aliphatic rings. The Bertz CT molecular complexity index is 224. The zero-order valence-electron chi connectivity index (χ0n) is 10.4. The highest BCUT2D eigenvalue weighted by molar-refractivity contribution is 6.67. The molecule has 0 aromatic heterocycles. The van der Waals surface area contributed by atoms with Crippen molar-refractivity contribution in [3.8, 4) is 0 Å². The lowest BCUT2D eigenvalue weighted by atomic mass is 10.2. The van der Waals surface area contributed by atoms with Crippen molar-refractivity contribution in [3.63, 3.8) is 0 Å². The number of aliphatic hydroxyl groups is 1. The normalized spacial score (nSPS) is 13.5. The maximum absolute atomic E-state index is 11.3. The lowest BCUT2D eigenvalue weighted by Crippen LogP contribution is -2.45. The third kappa shape index (κ3) is 4.57. The van der Waals surface area contributed by atoms with E-state index in [1.807, 2.05) is 20.8 Å². The Morgan fingerprint density at radius 2 is 1.88 bits per heavy atom. The molecule has 0 fully saturated rings. The van der Waals surface area contributed by atoms with Crippen LogP contribution in [-0.2, 0) is 13.6 Å². The summed E-state index contributed by atoms with van der Waals surface area (Å²) in [5, 5.41) is 9.69. The van der Waals surface area contributed by atoms with E-state index >= 15 is 0 Å². The molecular formula is C11H22O4Si. The van der Waals surface area contributed by atoms with Crippen molar-refractivity contribution in [2.24, 2.45) is 0 Å². The molecule has 0 rings (SSSR count). The quantitative estimate of drug-likeness (QED) is 0.496. The number of aliphatic hydroxyl groups excluding tert-OH is 1. The summed E-state index contributed by atoms with van der Waals surface area (Å²) in [5.74, 6) is -0.371. The highest BCUT2D eigenvalue weighted by Crippen LogP contribution is 2.21. The van der Waals surface area contributed by atoms with Gasteiger partial charge >= 0.3 is 8.56 Å². The van der Waals surface area contributed by atoms with Crippen LogP contribution >= 0.6 is 0 Å². The van der Waals surface area contributed by atoms with Crippen LogP contribution in [0.2, 0.25) is 12.1 Å². The predicted octanol–water partition coefficient (Wildman–Crippen LogP) is 1.64. The largest absolute Gasteiger partial charge is 0.394 e. The van der Waals surface area contributed by atoms with E-state index in [1.165, 1.54) is 0 Å². The third-order valence-electron chi connectivity index (χ3n) is 2.39. The molecule has 0 aliphatic carbocycles. The minimum atomic E-state index is -2.43. The van der Waals surface area contributed by atoms with E-state index in [2.05, 4.69) is 6.58 Å². The fourth-order valence-corrected chi connectivity index (χ4v) is 4.42. The van der Waals surface area contributed by atoms with Crippen LogP contribution in [0.4, 0.5) is 0 Å². The van der Waals surface area contributed by atoms with Crippen LogP contribution in [-0.4, -0.2) is 38.8 Å². The zero-order chi connectivity index (χ0) is 12.6. The molecule has 0 saturated heterocycles. The maximum atomic E-state index is 11.3. The molecule has 0 aromatic carbocycles. The molecule has 1 N–H and O–H groups in total. The summed E-state index contributed by atoms with van der Waals surface area (Å²) < 4.78 is 11.3. The van der Waals surface area contributed by atoms with Gasteiger partial charge in [0.1, 0.15) is 6.10 Å². The van der Waals surface area contributed by atoms with Gasteiger partial charge in [-0.2, -0.15) is 0 Å². The van der Waals surface area contributed by atoms with Gasteiger partial charge in [0.25, 0.3) is 0 Å². The molecule has 0 aromatic rings. The SMILES string of the molecule is C=CC(=O)C(O)C[Si](CC)(OCC)OCC. The van der Waals surface area contributed by atoms with Gasteiger partial charge in [0, 0.05) is 19.3 Å². The molecule has 16 heavy (non-hydrogen) atoms. The average molecular weight is 246 g/mol. The summed E-state index contributed by atoms with van der Waals surface area (Å²) >= 11 is 0. The van der Waals surface area contributed by atoms with Gasteiger partial charge in [-0.25, -0.2) is 0 Å². The van der Waals surface area contributed by atoms with Gasteiger partial charge in [-0.05, 0) is 26.0 Å². The highest BCUT2D eigenvalue weighted by atomic mass is 28.4. The summed E-state index contributed by atoms with van der Waals surface area (Å²) in [6.45, 7) is 10.2. The molecule has 1 unspecified atom stereocenters. The third-order valence-corrected chi connectivity index (χ3v) is 6.10. The van der Waals surface area contributed by atoms with Crippen molar-refractivity contribution in [1.82, 2.24) is 0 Å². The van der Waals surface area contributed by atoms with Crippen molar-refractivity contribution in [1.29, 1.82) is 0 Å². The van der Waals surface area contributed by atoms with Crippen LogP contribution < -0.4 is 0 Å². The molecule has 0 spiro atoms. The van der Waals surface area contributed by atoms with E-state index in [0.717, 1.165) is 12.1 Å². The molecule has 0 aliphatic heterocycles. The van der Waals surface area contributed by atoms with Crippen molar-refractivity contribution < 1.29 is 18.8 Å². The first-order valence-electron chi connectivity index (χ1n) is 5.67. The van der Waals surface area contributed by atoms with Crippen LogP contribution in [0.5, 0.6) is 0 Å². The smallest absolute Gasteiger partial charge is 0.340 e. The van der Waals surface area contributed by atoms with Gasteiger partial charge in [-0.1, -0.05) is 13.5 Å². The summed E-state index contributed by atoms with van der Waals surface area (Å²) in [5.41, 5.74) is 0. The Labute approximate surface area is 98.5 Å². The number of rotatable bonds is 9. The summed E-state index contributed by atoms with van der Waals surface area (Å²) in [7, 11) is -2.43. The first kappa shape index (κ1) is 15.5. The fraction of sp³-hybridized carbons (Fsp3) is 0.727. The Balaban J connectivity index is 4.62. The molecule has 0 bridgehead atoms. The van der Waals surface area contributed by atoms with Gasteiger partial charge < -0.3 is 14.0 Å². The van der Waals surface area contributed by atoms with E-state index in [1.54, 1.807) is 0 Å². The average Bonchev–Trinajstić information content (AvgIpc) is 2.28. The molecule has 0 saturated carbocycles. The Morgan fingerprint density at radius 3 is 2.19 bits per heavy atom. The second-order valence-corrected chi connectivity index (χ2v) is 6.97. The molecule has 0 heterocycles. The Morgan fingerprint density at radius 1 is 1.38 bits per heavy atom. The molecule has 1 atom stereocenters. The lowest BCUT2D eigenvalue weighted by molar-refractivity contribution is -0.121. The van der Waals surface area contributed by atoms with Gasteiger partial charge in [-0.15, -0.1) is 0 Å². The fourth-order valence-electron chi connectivity index (χ4n) is 1.57. The van der Waals surface area contributed by atoms with Crippen molar-refractivity contribution in [2.45, 2.75) is 39.0 Å². The topological polar surface area (TPSA) is 55.8 Å². The van der Waals surface area contributed by atoms with Gasteiger partial charge in [0.2, 0.25) is 0 Å². The monoisotopic (exact) mass is 246 g/mol. The van der Waals surface area contributed by atoms with Crippen LogP contribution in [0, 0.1) is 0 Å².